The molecule has 0 radical (unpaired) electrons. The van der Waals surface area contributed by atoms with Gasteiger partial charge in [0.1, 0.15) is 29.0 Å². The molecule has 4 heterocycles. The summed E-state index contributed by atoms with van der Waals surface area (Å²) >= 11 is 0. The molecule has 4 N–H and O–H groups in total. The number of aromatic hydroxyl groups is 3. The molecule has 51 heavy (non-hydrogen) atoms. The monoisotopic (exact) mass is 695 g/mol. The molecule has 1 saturated heterocycles. The van der Waals surface area contributed by atoms with Gasteiger partial charge in [-0.05, 0) is 58.0 Å². The van der Waals surface area contributed by atoms with Crippen molar-refractivity contribution in [1.82, 2.24) is 20.1 Å². The number of phenols is 3. The standard InChI is InChI=1S/C38H41N5O8/c1-17-34(48-4)21-14-26-31-30-22(35(49-5)18(2)37(51-7)33(30)46)13-25(42(31)3)27(15-39)43(26)28(29(21)32(45)36(17)50-6)16-40-38(47)24-10-8-19-12-20(44)9-11-23(19)41-24/h8-12,25-28,31,44-46H,13-14,16H2,1-7H3,(H,40,47)/t25-,26-,27-,28-,31-/m0/s1. The second-order valence-electron chi connectivity index (χ2n) is 13.3. The summed E-state index contributed by atoms with van der Waals surface area (Å²) in [5.41, 5.74) is 4.71. The van der Waals surface area contributed by atoms with Crippen molar-refractivity contribution in [2.45, 2.75) is 56.9 Å². The first-order chi connectivity index (χ1) is 24.5. The lowest BCUT2D eigenvalue weighted by Crippen LogP contribution is -2.68. The summed E-state index contributed by atoms with van der Waals surface area (Å²) in [5.74, 6) is 1.29. The van der Waals surface area contributed by atoms with Crippen molar-refractivity contribution in [3.05, 3.63) is 69.4 Å². The number of nitriles is 1. The molecule has 1 fully saturated rings. The number of pyridine rings is 1. The third-order valence-electron chi connectivity index (χ3n) is 11.0. The molecule has 13 heteroatoms. The van der Waals surface area contributed by atoms with E-state index < -0.39 is 30.1 Å². The summed E-state index contributed by atoms with van der Waals surface area (Å²) in [6.07, 6.45) is 0.748. The van der Waals surface area contributed by atoms with Gasteiger partial charge in [0.25, 0.3) is 5.91 Å². The molecule has 13 nitrogen and oxygen atoms in total. The van der Waals surface area contributed by atoms with E-state index >= 15 is 0 Å². The molecule has 1 aromatic heterocycles. The van der Waals surface area contributed by atoms with E-state index in [9.17, 15) is 25.4 Å². The van der Waals surface area contributed by atoms with Gasteiger partial charge in [0.2, 0.25) is 0 Å². The first-order valence-electron chi connectivity index (χ1n) is 16.7. The minimum atomic E-state index is -0.718. The minimum Gasteiger partial charge on any atom is -0.508 e. The highest BCUT2D eigenvalue weighted by Crippen LogP contribution is 2.58. The predicted octanol–water partition coefficient (Wildman–Crippen LogP) is 4.20. The fraction of sp³-hybridized carbons (Fsp3) is 0.395. The molecule has 0 unspecified atom stereocenters. The zero-order chi connectivity index (χ0) is 36.5. The number of carbonyl (C=O) groups is 1. The molecule has 3 aliphatic heterocycles. The predicted molar refractivity (Wildman–Crippen MR) is 187 cm³/mol. The van der Waals surface area contributed by atoms with E-state index in [0.29, 0.717) is 63.2 Å². The number of hydrogen-bond donors (Lipinski definition) is 4. The summed E-state index contributed by atoms with van der Waals surface area (Å²) in [6.45, 7) is 3.65. The molecule has 3 aromatic carbocycles. The summed E-state index contributed by atoms with van der Waals surface area (Å²) in [6, 6.07) is 7.98. The van der Waals surface area contributed by atoms with Crippen molar-refractivity contribution < 1.29 is 39.1 Å². The number of ether oxygens (including phenoxy) is 4. The van der Waals surface area contributed by atoms with E-state index in [0.717, 1.165) is 11.1 Å². The van der Waals surface area contributed by atoms with Crippen LogP contribution in [0.15, 0.2) is 30.3 Å². The number of carbonyl (C=O) groups excluding carboxylic acids is 1. The average molecular weight is 696 g/mol. The molecule has 0 aliphatic carbocycles. The molecule has 2 bridgehead atoms. The Labute approximate surface area is 295 Å². The highest BCUT2D eigenvalue weighted by Gasteiger charge is 2.57. The fourth-order valence-corrected chi connectivity index (χ4v) is 8.93. The van der Waals surface area contributed by atoms with E-state index in [-0.39, 0.29) is 41.3 Å². The number of piperazine rings is 1. The number of rotatable bonds is 7. The number of nitrogens with zero attached hydrogens (tertiary/aromatic N) is 4. The summed E-state index contributed by atoms with van der Waals surface area (Å²) in [7, 11) is 8.10. The van der Waals surface area contributed by atoms with Crippen LogP contribution in [0.3, 0.4) is 0 Å². The van der Waals surface area contributed by atoms with Crippen molar-refractivity contribution in [3.8, 4) is 46.3 Å². The van der Waals surface area contributed by atoms with Gasteiger partial charge in [-0.15, -0.1) is 0 Å². The van der Waals surface area contributed by atoms with Crippen molar-refractivity contribution in [2.24, 2.45) is 0 Å². The SMILES string of the molecule is COc1c(C)c(OC)c2c(c1O)[C@@H]1[C@@H]3Cc4c(OC)c(C)c(OC)c(O)c4[C@H](CNC(=O)c4ccc5cc(O)ccc5n4)N3[C@@H](C#N)[C@H](C2)N1C. The molecule has 0 saturated carbocycles. The number of likely N-dealkylation sites (N-methyl/N-ethyl adjacent to an activating group) is 1. The molecule has 3 aliphatic rings. The molecule has 4 aromatic rings. The van der Waals surface area contributed by atoms with Crippen LogP contribution in [0.25, 0.3) is 10.9 Å². The summed E-state index contributed by atoms with van der Waals surface area (Å²) in [5, 5.41) is 48.3. The van der Waals surface area contributed by atoms with Gasteiger partial charge in [0.05, 0.1) is 52.1 Å². The molecular weight excluding hydrogens is 654 g/mol. The van der Waals surface area contributed by atoms with Gasteiger partial charge in [-0.25, -0.2) is 4.98 Å². The zero-order valence-electron chi connectivity index (χ0n) is 29.6. The highest BCUT2D eigenvalue weighted by atomic mass is 16.5. The maximum Gasteiger partial charge on any atom is 0.269 e. The lowest BCUT2D eigenvalue weighted by molar-refractivity contribution is -0.0724. The van der Waals surface area contributed by atoms with Crippen LogP contribution in [0.1, 0.15) is 56.0 Å². The van der Waals surface area contributed by atoms with Crippen LogP contribution >= 0.6 is 0 Å². The molecular formula is C38H41N5O8. The second-order valence-corrected chi connectivity index (χ2v) is 13.3. The van der Waals surface area contributed by atoms with Crippen molar-refractivity contribution in [3.63, 3.8) is 0 Å². The third kappa shape index (κ3) is 4.96. The molecule has 7 rings (SSSR count). The maximum absolute atomic E-state index is 13.7. The molecule has 266 valence electrons. The summed E-state index contributed by atoms with van der Waals surface area (Å²) < 4.78 is 23.3. The molecule has 0 spiro atoms. The first-order valence-corrected chi connectivity index (χ1v) is 16.7. The lowest BCUT2D eigenvalue weighted by Gasteiger charge is -2.60. The third-order valence-corrected chi connectivity index (χ3v) is 11.0. The van der Waals surface area contributed by atoms with Gasteiger partial charge in [-0.1, -0.05) is 6.07 Å². The topological polar surface area (TPSA) is 170 Å². The number of methoxy groups -OCH3 is 4. The normalized spacial score (nSPS) is 22.3. The van der Waals surface area contributed by atoms with Crippen LogP contribution in [-0.2, 0) is 12.8 Å². The fourth-order valence-electron chi connectivity index (χ4n) is 8.93. The molecule has 1 amide bonds. The van der Waals surface area contributed by atoms with E-state index in [4.69, 9.17) is 18.9 Å². The largest absolute Gasteiger partial charge is 0.508 e. The Bertz CT molecular complexity index is 2130. The van der Waals surface area contributed by atoms with Crippen molar-refractivity contribution in [1.29, 1.82) is 5.26 Å². The average Bonchev–Trinajstić information content (AvgIpc) is 3.11. The van der Waals surface area contributed by atoms with Gasteiger partial charge in [0, 0.05) is 57.4 Å². The minimum absolute atomic E-state index is 0.00126. The van der Waals surface area contributed by atoms with Crippen LogP contribution in [0.4, 0.5) is 0 Å². The number of amides is 1. The van der Waals surface area contributed by atoms with Crippen molar-refractivity contribution in [2.75, 3.05) is 42.0 Å². The van der Waals surface area contributed by atoms with Gasteiger partial charge in [0.15, 0.2) is 23.0 Å². The Kier molecular flexibility index (Phi) is 8.47. The van der Waals surface area contributed by atoms with E-state index in [1.165, 1.54) is 20.3 Å². The van der Waals surface area contributed by atoms with E-state index in [1.54, 1.807) is 38.5 Å². The van der Waals surface area contributed by atoms with Crippen LogP contribution < -0.4 is 24.3 Å². The Balaban J connectivity index is 1.40. The van der Waals surface area contributed by atoms with E-state index in [1.807, 2.05) is 20.9 Å². The Morgan fingerprint density at radius 2 is 1.47 bits per heavy atom. The summed E-state index contributed by atoms with van der Waals surface area (Å²) in [4.78, 5) is 22.5. The van der Waals surface area contributed by atoms with Gasteiger partial charge in [-0.2, -0.15) is 5.26 Å². The van der Waals surface area contributed by atoms with Crippen LogP contribution in [-0.4, -0.2) is 96.2 Å². The van der Waals surface area contributed by atoms with Gasteiger partial charge in [-0.3, -0.25) is 14.6 Å². The smallest absolute Gasteiger partial charge is 0.269 e. The van der Waals surface area contributed by atoms with Gasteiger partial charge < -0.3 is 39.6 Å². The van der Waals surface area contributed by atoms with Crippen LogP contribution in [0.2, 0.25) is 0 Å². The molecule has 5 atom stereocenters. The Morgan fingerprint density at radius 3 is 2.08 bits per heavy atom. The van der Waals surface area contributed by atoms with E-state index in [2.05, 4.69) is 26.2 Å². The quantitative estimate of drug-likeness (QED) is 0.218. The van der Waals surface area contributed by atoms with Gasteiger partial charge >= 0.3 is 0 Å². The number of hydrogen-bond acceptors (Lipinski definition) is 12. The Hall–Kier alpha value is -5.45. The van der Waals surface area contributed by atoms with Crippen LogP contribution in [0.5, 0.6) is 40.2 Å². The Morgan fingerprint density at radius 1 is 0.882 bits per heavy atom. The zero-order valence-corrected chi connectivity index (χ0v) is 29.6. The number of benzene rings is 3. The second kappa shape index (κ2) is 12.7. The number of aromatic nitrogens is 1. The highest BCUT2D eigenvalue weighted by molar-refractivity contribution is 5.95. The van der Waals surface area contributed by atoms with Crippen LogP contribution in [0, 0.1) is 25.2 Å². The number of phenolic OH excluding ortho intramolecular Hbond substituents is 3. The van der Waals surface area contributed by atoms with Crippen molar-refractivity contribution >= 4 is 16.8 Å². The first kappa shape index (κ1) is 34.0. The lowest BCUT2D eigenvalue weighted by atomic mass is 9.71. The number of nitrogens with one attached hydrogen (secondary N) is 1. The maximum atomic E-state index is 13.7. The number of fused-ring (bicyclic) bond motifs is 8.